The SMILES string of the molecule is [c]1ccccc1C1CCC1. The lowest BCUT2D eigenvalue weighted by molar-refractivity contribution is 0.419. The molecular weight excluding hydrogens is 120 g/mol. The second-order valence-electron chi connectivity index (χ2n) is 2.95. The molecule has 0 heterocycles. The molecule has 1 radical (unpaired) electrons. The minimum atomic E-state index is 0.834. The molecule has 1 saturated carbocycles. The Morgan fingerprint density at radius 3 is 2.70 bits per heavy atom. The zero-order valence-corrected chi connectivity index (χ0v) is 6.01. The van der Waals surface area contributed by atoms with Gasteiger partial charge in [0.2, 0.25) is 0 Å². The molecule has 0 bridgehead atoms. The topological polar surface area (TPSA) is 0 Å². The second kappa shape index (κ2) is 2.45. The van der Waals surface area contributed by atoms with E-state index in [2.05, 4.69) is 18.2 Å². The van der Waals surface area contributed by atoms with Gasteiger partial charge in [-0.2, -0.15) is 0 Å². The van der Waals surface area contributed by atoms with Crippen molar-refractivity contribution >= 4 is 0 Å². The summed E-state index contributed by atoms with van der Waals surface area (Å²) in [5, 5.41) is 0. The Morgan fingerprint density at radius 1 is 1.30 bits per heavy atom. The Hall–Kier alpha value is -0.780. The quantitative estimate of drug-likeness (QED) is 0.549. The first-order valence-corrected chi connectivity index (χ1v) is 3.93. The molecule has 0 unspecified atom stereocenters. The fourth-order valence-electron chi connectivity index (χ4n) is 1.38. The molecule has 0 aromatic heterocycles. The first kappa shape index (κ1) is 5.96. The van der Waals surface area contributed by atoms with Gasteiger partial charge in [0.25, 0.3) is 0 Å². The van der Waals surface area contributed by atoms with Crippen molar-refractivity contribution in [1.82, 2.24) is 0 Å². The fraction of sp³-hybridized carbons (Fsp3) is 0.400. The van der Waals surface area contributed by atoms with E-state index in [1.165, 1.54) is 24.8 Å². The second-order valence-corrected chi connectivity index (χ2v) is 2.95. The van der Waals surface area contributed by atoms with Crippen LogP contribution in [0.5, 0.6) is 0 Å². The van der Waals surface area contributed by atoms with Crippen LogP contribution < -0.4 is 0 Å². The maximum absolute atomic E-state index is 3.27. The summed E-state index contributed by atoms with van der Waals surface area (Å²) < 4.78 is 0. The van der Waals surface area contributed by atoms with Crippen LogP contribution in [0.4, 0.5) is 0 Å². The highest BCUT2D eigenvalue weighted by molar-refractivity contribution is 5.19. The lowest BCUT2D eigenvalue weighted by Crippen LogP contribution is -2.08. The third-order valence-electron chi connectivity index (χ3n) is 2.28. The van der Waals surface area contributed by atoms with Gasteiger partial charge in [0, 0.05) is 0 Å². The average Bonchev–Trinajstić information content (AvgIpc) is 1.86. The molecule has 1 aromatic rings. The Bertz CT molecular complexity index is 197. The summed E-state index contributed by atoms with van der Waals surface area (Å²) in [6, 6.07) is 11.6. The first-order valence-electron chi connectivity index (χ1n) is 3.93. The number of hydrogen-bond donors (Lipinski definition) is 0. The van der Waals surface area contributed by atoms with Gasteiger partial charge in [-0.15, -0.1) is 0 Å². The highest BCUT2D eigenvalue weighted by atomic mass is 14.2. The molecule has 0 spiro atoms. The number of rotatable bonds is 1. The molecule has 2 rings (SSSR count). The van der Waals surface area contributed by atoms with Crippen LogP contribution in [0.2, 0.25) is 0 Å². The van der Waals surface area contributed by atoms with Crippen LogP contribution >= 0.6 is 0 Å². The van der Waals surface area contributed by atoms with Gasteiger partial charge >= 0.3 is 0 Å². The molecule has 51 valence electrons. The van der Waals surface area contributed by atoms with Gasteiger partial charge in [0.05, 0.1) is 0 Å². The molecule has 1 aliphatic rings. The molecule has 0 saturated heterocycles. The fourth-order valence-corrected chi connectivity index (χ4v) is 1.38. The summed E-state index contributed by atoms with van der Waals surface area (Å²) in [4.78, 5) is 0. The maximum atomic E-state index is 3.27. The van der Waals surface area contributed by atoms with Gasteiger partial charge in [0.1, 0.15) is 0 Å². The normalized spacial score (nSPS) is 18.4. The van der Waals surface area contributed by atoms with Crippen LogP contribution in [0.1, 0.15) is 30.7 Å². The zero-order valence-electron chi connectivity index (χ0n) is 6.01. The van der Waals surface area contributed by atoms with E-state index in [0.717, 1.165) is 5.92 Å². The highest BCUT2D eigenvalue weighted by Gasteiger charge is 2.18. The lowest BCUT2D eigenvalue weighted by atomic mass is 9.80. The Balaban J connectivity index is 2.18. The van der Waals surface area contributed by atoms with E-state index in [0.29, 0.717) is 0 Å². The third-order valence-corrected chi connectivity index (χ3v) is 2.28. The molecule has 0 aliphatic heterocycles. The van der Waals surface area contributed by atoms with E-state index in [1.54, 1.807) is 0 Å². The van der Waals surface area contributed by atoms with Crippen molar-refractivity contribution in [3.63, 3.8) is 0 Å². The van der Waals surface area contributed by atoms with E-state index in [-0.39, 0.29) is 0 Å². The van der Waals surface area contributed by atoms with Gasteiger partial charge in [0.15, 0.2) is 0 Å². The molecular formula is C10H11. The van der Waals surface area contributed by atoms with Crippen molar-refractivity contribution in [2.45, 2.75) is 25.2 Å². The predicted octanol–water partition coefficient (Wildman–Crippen LogP) is 2.75. The maximum Gasteiger partial charge on any atom is -0.0146 e. The van der Waals surface area contributed by atoms with Crippen LogP contribution in [-0.2, 0) is 0 Å². The summed E-state index contributed by atoms with van der Waals surface area (Å²) >= 11 is 0. The Morgan fingerprint density at radius 2 is 2.20 bits per heavy atom. The van der Waals surface area contributed by atoms with E-state index >= 15 is 0 Å². The van der Waals surface area contributed by atoms with Crippen LogP contribution in [-0.4, -0.2) is 0 Å². The largest absolute Gasteiger partial charge is 0.0619 e. The van der Waals surface area contributed by atoms with Gasteiger partial charge in [-0.3, -0.25) is 0 Å². The summed E-state index contributed by atoms with van der Waals surface area (Å²) in [7, 11) is 0. The van der Waals surface area contributed by atoms with Crippen LogP contribution in [0.15, 0.2) is 24.3 Å². The number of hydrogen-bond acceptors (Lipinski definition) is 0. The van der Waals surface area contributed by atoms with Gasteiger partial charge in [-0.05, 0) is 30.4 Å². The molecule has 0 N–H and O–H groups in total. The first-order chi connectivity index (χ1) is 4.97. The Kier molecular flexibility index (Phi) is 1.46. The van der Waals surface area contributed by atoms with E-state index in [4.69, 9.17) is 0 Å². The van der Waals surface area contributed by atoms with E-state index < -0.39 is 0 Å². The number of benzene rings is 1. The van der Waals surface area contributed by atoms with Gasteiger partial charge in [-0.25, -0.2) is 0 Å². The van der Waals surface area contributed by atoms with Crippen LogP contribution in [0.25, 0.3) is 0 Å². The summed E-state index contributed by atoms with van der Waals surface area (Å²) in [6.07, 6.45) is 4.16. The Labute approximate surface area is 61.9 Å². The van der Waals surface area contributed by atoms with Crippen molar-refractivity contribution < 1.29 is 0 Å². The van der Waals surface area contributed by atoms with E-state index in [9.17, 15) is 0 Å². The van der Waals surface area contributed by atoms with Crippen LogP contribution in [0.3, 0.4) is 0 Å². The molecule has 0 amide bonds. The van der Waals surface area contributed by atoms with E-state index in [1.807, 2.05) is 12.1 Å². The van der Waals surface area contributed by atoms with Crippen molar-refractivity contribution in [2.75, 3.05) is 0 Å². The smallest absolute Gasteiger partial charge is 0.0146 e. The van der Waals surface area contributed by atoms with Crippen molar-refractivity contribution in [3.8, 4) is 0 Å². The monoisotopic (exact) mass is 131 g/mol. The molecule has 0 atom stereocenters. The van der Waals surface area contributed by atoms with Crippen LogP contribution in [0, 0.1) is 6.07 Å². The third kappa shape index (κ3) is 0.942. The minimum Gasteiger partial charge on any atom is -0.0619 e. The van der Waals surface area contributed by atoms with Crippen molar-refractivity contribution in [1.29, 1.82) is 0 Å². The minimum absolute atomic E-state index is 0.834. The van der Waals surface area contributed by atoms with Gasteiger partial charge in [-0.1, -0.05) is 30.7 Å². The predicted molar refractivity (Wildman–Crippen MR) is 41.9 cm³/mol. The highest BCUT2D eigenvalue weighted by Crippen LogP contribution is 2.35. The van der Waals surface area contributed by atoms with Crippen molar-refractivity contribution in [3.05, 3.63) is 35.9 Å². The molecule has 10 heavy (non-hydrogen) atoms. The summed E-state index contributed by atoms with van der Waals surface area (Å²) in [6.45, 7) is 0. The summed E-state index contributed by atoms with van der Waals surface area (Å²) in [5.41, 5.74) is 1.41. The molecule has 1 aromatic carbocycles. The van der Waals surface area contributed by atoms with Crippen molar-refractivity contribution in [2.24, 2.45) is 0 Å². The average molecular weight is 131 g/mol. The zero-order chi connectivity index (χ0) is 6.81. The molecule has 0 nitrogen and oxygen atoms in total. The molecule has 1 aliphatic carbocycles. The lowest BCUT2D eigenvalue weighted by Gasteiger charge is -2.25. The van der Waals surface area contributed by atoms with Gasteiger partial charge < -0.3 is 0 Å². The molecule has 0 heteroatoms. The standard InChI is InChI=1S/C10H11/c1-2-5-9(6-3-1)10-7-4-8-10/h1-3,5,10H,4,7-8H2. The molecule has 1 fully saturated rings. The summed E-state index contributed by atoms with van der Waals surface area (Å²) in [5.74, 6) is 0.834.